The van der Waals surface area contributed by atoms with Crippen molar-refractivity contribution in [3.63, 3.8) is 0 Å². The zero-order chi connectivity index (χ0) is 12.1. The first-order valence-corrected chi connectivity index (χ1v) is 5.86. The molecule has 0 aromatic carbocycles. The number of nitrogens with zero attached hydrogens (tertiary/aromatic N) is 3. The molecule has 0 aliphatic carbocycles. The Morgan fingerprint density at radius 2 is 2.25 bits per heavy atom. The summed E-state index contributed by atoms with van der Waals surface area (Å²) in [6.45, 7) is 6.85. The van der Waals surface area contributed by atoms with Crippen LogP contribution in [-0.4, -0.2) is 16.5 Å². The Labute approximate surface area is 97.3 Å². The van der Waals surface area contributed by atoms with E-state index in [0.29, 0.717) is 5.82 Å². The van der Waals surface area contributed by atoms with E-state index in [2.05, 4.69) is 11.9 Å². The first kappa shape index (κ1) is 12.7. The lowest BCUT2D eigenvalue weighted by atomic mass is 10.3. The molecule has 1 aromatic rings. The van der Waals surface area contributed by atoms with Crippen molar-refractivity contribution < 1.29 is 9.67 Å². The number of imidazole rings is 1. The van der Waals surface area contributed by atoms with Gasteiger partial charge in [-0.2, -0.15) is 0 Å². The summed E-state index contributed by atoms with van der Waals surface area (Å²) >= 11 is 0. The van der Waals surface area contributed by atoms with E-state index in [9.17, 15) is 5.11 Å². The largest absolute Gasteiger partial charge is 0.853 e. The first-order chi connectivity index (χ1) is 7.56. The molecule has 0 unspecified atom stereocenters. The molecule has 0 radical (unpaired) electrons. The van der Waals surface area contributed by atoms with Crippen LogP contribution in [0.2, 0.25) is 0 Å². The molecule has 0 aliphatic heterocycles. The Morgan fingerprint density at radius 3 is 2.81 bits per heavy atom. The van der Waals surface area contributed by atoms with Crippen LogP contribution in [0.4, 0.5) is 0 Å². The van der Waals surface area contributed by atoms with Crippen molar-refractivity contribution in [1.82, 2.24) is 4.57 Å². The zero-order valence-electron chi connectivity index (χ0n) is 10.6. The topological polar surface area (TPSA) is 44.2 Å². The smallest absolute Gasteiger partial charge is 0.291 e. The quantitative estimate of drug-likeness (QED) is 0.410. The number of aryl methyl sites for hydroxylation is 2. The van der Waals surface area contributed by atoms with Gasteiger partial charge in [0.1, 0.15) is 12.4 Å². The fraction of sp³-hybridized carbons (Fsp3) is 0.667. The van der Waals surface area contributed by atoms with Crippen molar-refractivity contribution in [2.45, 2.75) is 46.2 Å². The average molecular weight is 223 g/mol. The number of rotatable bonds is 5. The van der Waals surface area contributed by atoms with Gasteiger partial charge in [-0.05, 0) is 20.3 Å². The number of unbranched alkanes of at least 4 members (excludes halogenated alkanes) is 1. The van der Waals surface area contributed by atoms with E-state index in [-0.39, 0.29) is 11.9 Å². The second-order valence-corrected chi connectivity index (χ2v) is 4.31. The number of hydrogen-bond donors (Lipinski definition) is 0. The van der Waals surface area contributed by atoms with E-state index in [1.807, 2.05) is 42.4 Å². The summed E-state index contributed by atoms with van der Waals surface area (Å²) in [5.41, 5.74) is 0. The van der Waals surface area contributed by atoms with E-state index < -0.39 is 0 Å². The fourth-order valence-electron chi connectivity index (χ4n) is 1.60. The normalized spacial score (nSPS) is 12.4. The average Bonchev–Trinajstić information content (AvgIpc) is 2.55. The van der Waals surface area contributed by atoms with Gasteiger partial charge in [-0.15, -0.1) is 0 Å². The van der Waals surface area contributed by atoms with Crippen LogP contribution in [-0.2, 0) is 13.6 Å². The monoisotopic (exact) mass is 223 g/mol. The SMILES string of the molecule is CCCCn1cc[n+](C)c1C([O-])=NC(C)C. The van der Waals surface area contributed by atoms with Crippen molar-refractivity contribution in [2.75, 3.05) is 0 Å². The lowest BCUT2D eigenvalue weighted by Crippen LogP contribution is -2.40. The van der Waals surface area contributed by atoms with Crippen LogP contribution in [0.15, 0.2) is 17.4 Å². The van der Waals surface area contributed by atoms with Gasteiger partial charge in [-0.1, -0.05) is 13.3 Å². The van der Waals surface area contributed by atoms with Crippen LogP contribution in [0, 0.1) is 0 Å². The molecule has 0 atom stereocenters. The molecule has 4 nitrogen and oxygen atoms in total. The maximum Gasteiger partial charge on any atom is 0.291 e. The molecule has 0 saturated heterocycles. The first-order valence-electron chi connectivity index (χ1n) is 5.86. The number of hydrogen-bond acceptors (Lipinski definition) is 2. The van der Waals surface area contributed by atoms with Gasteiger partial charge in [0.05, 0.1) is 19.5 Å². The highest BCUT2D eigenvalue weighted by Gasteiger charge is 2.14. The minimum atomic E-state index is -0.126. The van der Waals surface area contributed by atoms with Gasteiger partial charge in [-0.3, -0.25) is 4.99 Å². The van der Waals surface area contributed by atoms with Crippen molar-refractivity contribution in [1.29, 1.82) is 0 Å². The summed E-state index contributed by atoms with van der Waals surface area (Å²) in [6.07, 6.45) is 6.05. The Bertz CT molecular complexity index is 366. The third-order valence-electron chi connectivity index (χ3n) is 2.40. The molecule has 16 heavy (non-hydrogen) atoms. The third-order valence-corrected chi connectivity index (χ3v) is 2.40. The van der Waals surface area contributed by atoms with E-state index in [0.717, 1.165) is 19.4 Å². The van der Waals surface area contributed by atoms with E-state index in [4.69, 9.17) is 0 Å². The van der Waals surface area contributed by atoms with E-state index >= 15 is 0 Å². The van der Waals surface area contributed by atoms with Gasteiger partial charge in [0.25, 0.3) is 5.82 Å². The zero-order valence-corrected chi connectivity index (χ0v) is 10.6. The van der Waals surface area contributed by atoms with Gasteiger partial charge >= 0.3 is 0 Å². The molecule has 0 aliphatic rings. The molecule has 90 valence electrons. The van der Waals surface area contributed by atoms with E-state index in [1.165, 1.54) is 0 Å². The van der Waals surface area contributed by atoms with E-state index in [1.54, 1.807) is 0 Å². The molecule has 0 bridgehead atoms. The molecule has 0 saturated carbocycles. The summed E-state index contributed by atoms with van der Waals surface area (Å²) < 4.78 is 3.82. The molecule has 4 heteroatoms. The second-order valence-electron chi connectivity index (χ2n) is 4.31. The van der Waals surface area contributed by atoms with Gasteiger partial charge < -0.3 is 5.11 Å². The fourth-order valence-corrected chi connectivity index (χ4v) is 1.60. The molecule has 0 amide bonds. The predicted octanol–water partition coefficient (Wildman–Crippen LogP) is 0.628. The lowest BCUT2D eigenvalue weighted by Gasteiger charge is -2.10. The maximum absolute atomic E-state index is 11.9. The number of aliphatic imine (C=N–C) groups is 1. The third kappa shape index (κ3) is 3.08. The Balaban J connectivity index is 2.97. The second kappa shape index (κ2) is 5.68. The van der Waals surface area contributed by atoms with Gasteiger partial charge in [0.15, 0.2) is 0 Å². The van der Waals surface area contributed by atoms with Crippen LogP contribution in [0.25, 0.3) is 0 Å². The predicted molar refractivity (Wildman–Crippen MR) is 62.2 cm³/mol. The Hall–Kier alpha value is -1.32. The minimum absolute atomic E-state index is 0.0435. The van der Waals surface area contributed by atoms with Gasteiger partial charge in [0, 0.05) is 6.04 Å². The Kier molecular flexibility index (Phi) is 4.52. The molecule has 1 heterocycles. The van der Waals surface area contributed by atoms with Crippen LogP contribution in [0.5, 0.6) is 0 Å². The summed E-state index contributed by atoms with van der Waals surface area (Å²) in [5, 5.41) is 11.9. The molecular weight excluding hydrogens is 202 g/mol. The van der Waals surface area contributed by atoms with Crippen LogP contribution in [0.1, 0.15) is 39.4 Å². The van der Waals surface area contributed by atoms with Gasteiger partial charge in [-0.25, -0.2) is 9.13 Å². The summed E-state index contributed by atoms with van der Waals surface area (Å²) in [5.74, 6) is 0.542. The van der Waals surface area contributed by atoms with Crippen LogP contribution in [0.3, 0.4) is 0 Å². The molecule has 1 rings (SSSR count). The molecule has 0 fully saturated rings. The lowest BCUT2D eigenvalue weighted by molar-refractivity contribution is -0.674. The highest BCUT2D eigenvalue weighted by atomic mass is 16.3. The van der Waals surface area contributed by atoms with Crippen molar-refractivity contribution in [3.05, 3.63) is 18.2 Å². The van der Waals surface area contributed by atoms with Crippen molar-refractivity contribution in [2.24, 2.45) is 12.0 Å². The summed E-state index contributed by atoms with van der Waals surface area (Å²) in [7, 11) is 1.88. The van der Waals surface area contributed by atoms with Crippen molar-refractivity contribution in [3.8, 4) is 0 Å². The molecule has 0 spiro atoms. The summed E-state index contributed by atoms with van der Waals surface area (Å²) in [6, 6.07) is 0.0435. The molecular formula is C12H21N3O. The standard InChI is InChI=1S/C12H21N3O/c1-5-6-7-15-9-8-14(4)12(15)11(16)13-10(2)3/h8-10H,5-7H2,1-4H3. The highest BCUT2D eigenvalue weighted by Crippen LogP contribution is 2.00. The molecule has 0 N–H and O–H groups in total. The van der Waals surface area contributed by atoms with Crippen LogP contribution < -0.4 is 9.67 Å². The maximum atomic E-state index is 11.9. The minimum Gasteiger partial charge on any atom is -0.853 e. The highest BCUT2D eigenvalue weighted by molar-refractivity contribution is 5.85. The number of aromatic nitrogens is 2. The van der Waals surface area contributed by atoms with Crippen LogP contribution >= 0.6 is 0 Å². The van der Waals surface area contributed by atoms with Gasteiger partial charge in [0.2, 0.25) is 0 Å². The molecule has 1 aromatic heterocycles. The summed E-state index contributed by atoms with van der Waals surface area (Å²) in [4.78, 5) is 4.07. The van der Waals surface area contributed by atoms with Crippen molar-refractivity contribution >= 4 is 5.90 Å². The Morgan fingerprint density at radius 1 is 1.56 bits per heavy atom.